The van der Waals surface area contributed by atoms with E-state index >= 15 is 0 Å². The van der Waals surface area contributed by atoms with Crippen LogP contribution in [0.25, 0.3) is 22.6 Å². The average Bonchev–Trinajstić information content (AvgIpc) is 3.05. The number of H-pyrrole nitrogens is 1. The van der Waals surface area contributed by atoms with E-state index in [-0.39, 0.29) is 16.9 Å². The lowest BCUT2D eigenvalue weighted by molar-refractivity contribution is 0.0692. The summed E-state index contributed by atoms with van der Waals surface area (Å²) in [6.07, 6.45) is 2.10. The lowest BCUT2D eigenvalue weighted by Crippen LogP contribution is -2.04. The monoisotopic (exact) mass is 288 g/mol. The highest BCUT2D eigenvalue weighted by Crippen LogP contribution is 2.27. The van der Waals surface area contributed by atoms with E-state index in [1.807, 2.05) is 6.92 Å². The predicted molar refractivity (Wildman–Crippen MR) is 74.5 cm³/mol. The molecule has 0 spiro atoms. The average molecular weight is 288 g/mol. The van der Waals surface area contributed by atoms with Crippen molar-refractivity contribution in [2.24, 2.45) is 0 Å². The molecule has 3 aromatic rings. The molecule has 7 heteroatoms. The highest BCUT2D eigenvalue weighted by Gasteiger charge is 2.22. The van der Waals surface area contributed by atoms with E-state index in [9.17, 15) is 14.3 Å². The minimum atomic E-state index is -1.13. The molecule has 0 unspecified atom stereocenters. The number of para-hydroxylation sites is 1. The first-order chi connectivity index (χ1) is 10.1. The van der Waals surface area contributed by atoms with Crippen LogP contribution in [0.1, 0.15) is 23.8 Å². The summed E-state index contributed by atoms with van der Waals surface area (Å²) in [6, 6.07) is 4.70. The Hall–Kier alpha value is -2.70. The molecule has 0 atom stereocenters. The van der Waals surface area contributed by atoms with E-state index in [4.69, 9.17) is 0 Å². The van der Waals surface area contributed by atoms with E-state index in [0.29, 0.717) is 17.9 Å². The van der Waals surface area contributed by atoms with E-state index < -0.39 is 11.8 Å². The number of nitrogens with one attached hydrogen (secondary N) is 1. The Kier molecular flexibility index (Phi) is 3.17. The number of carbonyl (C=O) groups is 1. The fourth-order valence-electron chi connectivity index (χ4n) is 2.37. The molecule has 0 fully saturated rings. The van der Waals surface area contributed by atoms with Crippen LogP contribution in [0.5, 0.6) is 0 Å². The molecule has 0 aliphatic rings. The van der Waals surface area contributed by atoms with Gasteiger partial charge in [0.1, 0.15) is 11.2 Å². The van der Waals surface area contributed by atoms with Crippen LogP contribution in [0.4, 0.5) is 4.39 Å². The van der Waals surface area contributed by atoms with Gasteiger partial charge in [-0.1, -0.05) is 13.0 Å². The molecule has 0 aliphatic heterocycles. The normalized spacial score (nSPS) is 11.1. The number of hydrogen-bond acceptors (Lipinski definition) is 3. The van der Waals surface area contributed by atoms with Crippen LogP contribution in [-0.2, 0) is 6.54 Å². The molecule has 2 heterocycles. The van der Waals surface area contributed by atoms with Gasteiger partial charge in [0.25, 0.3) is 0 Å². The van der Waals surface area contributed by atoms with Gasteiger partial charge in [0.2, 0.25) is 0 Å². The maximum Gasteiger partial charge on any atom is 0.354 e. The van der Waals surface area contributed by atoms with Gasteiger partial charge < -0.3 is 14.7 Å². The maximum atomic E-state index is 13.9. The summed E-state index contributed by atoms with van der Waals surface area (Å²) in [5.41, 5.74) is 1.01. The van der Waals surface area contributed by atoms with Gasteiger partial charge in [-0.3, -0.25) is 0 Å². The van der Waals surface area contributed by atoms with Gasteiger partial charge in [0, 0.05) is 6.54 Å². The van der Waals surface area contributed by atoms with Crippen molar-refractivity contribution in [3.05, 3.63) is 36.0 Å². The molecule has 0 aliphatic carbocycles. The zero-order chi connectivity index (χ0) is 15.0. The third-order valence-corrected chi connectivity index (χ3v) is 3.24. The molecule has 0 saturated heterocycles. The Labute approximate surface area is 119 Å². The topological polar surface area (TPSA) is 83.8 Å². The first kappa shape index (κ1) is 13.3. The van der Waals surface area contributed by atoms with Gasteiger partial charge in [-0.2, -0.15) is 0 Å². The Balaban J connectivity index is 2.31. The second-order valence-electron chi connectivity index (χ2n) is 4.63. The van der Waals surface area contributed by atoms with Gasteiger partial charge in [0.15, 0.2) is 17.3 Å². The molecule has 108 valence electrons. The molecule has 2 aromatic heterocycles. The fourth-order valence-corrected chi connectivity index (χ4v) is 2.37. The van der Waals surface area contributed by atoms with Crippen LogP contribution in [0.2, 0.25) is 0 Å². The smallest absolute Gasteiger partial charge is 0.354 e. The highest BCUT2D eigenvalue weighted by atomic mass is 19.1. The Morgan fingerprint density at radius 1 is 1.48 bits per heavy atom. The molecule has 2 N–H and O–H groups in total. The Bertz CT molecular complexity index is 822. The van der Waals surface area contributed by atoms with Crippen molar-refractivity contribution in [1.82, 2.24) is 19.5 Å². The fraction of sp³-hybridized carbons (Fsp3) is 0.214. The number of imidazole rings is 2. The van der Waals surface area contributed by atoms with Gasteiger partial charge in [0.05, 0.1) is 11.8 Å². The lowest BCUT2D eigenvalue weighted by atomic mass is 10.3. The zero-order valence-electron chi connectivity index (χ0n) is 11.3. The minimum absolute atomic E-state index is 0.0527. The number of aromatic nitrogens is 4. The molecule has 0 bridgehead atoms. The quantitative estimate of drug-likeness (QED) is 0.773. The van der Waals surface area contributed by atoms with Crippen molar-refractivity contribution < 1.29 is 14.3 Å². The maximum absolute atomic E-state index is 13.9. The number of nitrogens with zero attached hydrogens (tertiary/aromatic N) is 3. The number of carboxylic acids is 1. The van der Waals surface area contributed by atoms with Gasteiger partial charge in [-0.05, 0) is 18.6 Å². The largest absolute Gasteiger partial charge is 0.477 e. The summed E-state index contributed by atoms with van der Waals surface area (Å²) >= 11 is 0. The number of aromatic amines is 1. The molecule has 0 saturated carbocycles. The molecule has 1 aromatic carbocycles. The van der Waals surface area contributed by atoms with Crippen molar-refractivity contribution in [2.75, 3.05) is 0 Å². The Morgan fingerprint density at radius 3 is 3.00 bits per heavy atom. The number of rotatable bonds is 4. The molecule has 21 heavy (non-hydrogen) atoms. The van der Waals surface area contributed by atoms with Crippen LogP contribution in [0, 0.1) is 5.82 Å². The summed E-state index contributed by atoms with van der Waals surface area (Å²) in [4.78, 5) is 22.1. The first-order valence-corrected chi connectivity index (χ1v) is 6.55. The zero-order valence-corrected chi connectivity index (χ0v) is 11.3. The van der Waals surface area contributed by atoms with E-state index in [2.05, 4.69) is 15.0 Å². The third kappa shape index (κ3) is 2.06. The Morgan fingerprint density at radius 2 is 2.29 bits per heavy atom. The summed E-state index contributed by atoms with van der Waals surface area (Å²) in [6.45, 7) is 2.58. The summed E-state index contributed by atoms with van der Waals surface area (Å²) in [7, 11) is 0. The third-order valence-electron chi connectivity index (χ3n) is 3.24. The molecular formula is C14H13FN4O2. The van der Waals surface area contributed by atoms with Crippen molar-refractivity contribution in [3.63, 3.8) is 0 Å². The van der Waals surface area contributed by atoms with Crippen molar-refractivity contribution in [3.8, 4) is 11.5 Å². The molecule has 6 nitrogen and oxygen atoms in total. The predicted octanol–water partition coefficient (Wildman–Crippen LogP) is 2.67. The van der Waals surface area contributed by atoms with Crippen LogP contribution < -0.4 is 0 Å². The van der Waals surface area contributed by atoms with Crippen LogP contribution in [-0.4, -0.2) is 30.6 Å². The van der Waals surface area contributed by atoms with Crippen LogP contribution in [0.15, 0.2) is 24.5 Å². The van der Waals surface area contributed by atoms with E-state index in [0.717, 1.165) is 6.42 Å². The van der Waals surface area contributed by atoms with Crippen molar-refractivity contribution >= 4 is 17.0 Å². The molecule has 0 amide bonds. The number of aromatic carboxylic acids is 1. The van der Waals surface area contributed by atoms with Crippen LogP contribution in [0.3, 0.4) is 0 Å². The van der Waals surface area contributed by atoms with Crippen LogP contribution >= 0.6 is 0 Å². The summed E-state index contributed by atoms with van der Waals surface area (Å²) in [5, 5.41) is 9.18. The summed E-state index contributed by atoms with van der Waals surface area (Å²) < 4.78 is 15.7. The second-order valence-corrected chi connectivity index (χ2v) is 4.63. The van der Waals surface area contributed by atoms with Gasteiger partial charge >= 0.3 is 5.97 Å². The van der Waals surface area contributed by atoms with Crippen molar-refractivity contribution in [2.45, 2.75) is 19.9 Å². The number of fused-ring (bicyclic) bond motifs is 1. The van der Waals surface area contributed by atoms with E-state index in [1.54, 1.807) is 16.7 Å². The molecule has 3 rings (SSSR count). The number of carboxylic acid groups (broad SMARTS) is 1. The molecular weight excluding hydrogens is 275 g/mol. The number of halogens is 1. The lowest BCUT2D eigenvalue weighted by Gasteiger charge is -2.06. The van der Waals surface area contributed by atoms with Gasteiger partial charge in [-0.25, -0.2) is 19.2 Å². The molecule has 0 radical (unpaired) electrons. The van der Waals surface area contributed by atoms with Gasteiger partial charge in [-0.15, -0.1) is 0 Å². The highest BCUT2D eigenvalue weighted by molar-refractivity contribution is 5.93. The number of benzene rings is 1. The number of aryl methyl sites for hydroxylation is 1. The van der Waals surface area contributed by atoms with E-state index in [1.165, 1.54) is 12.4 Å². The number of hydrogen-bond donors (Lipinski definition) is 2. The standard InChI is InChI=1S/C14H13FN4O2/c1-2-6-19-9-5-3-4-8(15)10(9)18-13(19)11-12(14(20)21)17-7-16-11/h3-5,7H,2,6H2,1H3,(H,16,17)(H,20,21). The van der Waals surface area contributed by atoms with Crippen molar-refractivity contribution in [1.29, 1.82) is 0 Å². The summed E-state index contributed by atoms with van der Waals surface area (Å²) in [5.74, 6) is -1.20. The first-order valence-electron chi connectivity index (χ1n) is 6.55. The second kappa shape index (κ2) is 5.01. The SMILES string of the molecule is CCCn1c(-c2nc[nH]c2C(=O)O)nc2c(F)cccc21. The minimum Gasteiger partial charge on any atom is -0.477 e.